The smallest absolute Gasteiger partial charge is 0.303 e. The second-order valence-corrected chi connectivity index (χ2v) is 7.16. The number of thiophene rings is 1. The van der Waals surface area contributed by atoms with Crippen LogP contribution in [0.5, 0.6) is 5.75 Å². The molecule has 0 saturated heterocycles. The van der Waals surface area contributed by atoms with E-state index in [2.05, 4.69) is 24.4 Å². The summed E-state index contributed by atoms with van der Waals surface area (Å²) in [6, 6.07) is 11.3. The molecule has 1 amide bonds. The summed E-state index contributed by atoms with van der Waals surface area (Å²) in [5.41, 5.74) is 0.731. The van der Waals surface area contributed by atoms with Gasteiger partial charge in [0, 0.05) is 28.3 Å². The van der Waals surface area contributed by atoms with Gasteiger partial charge in [0.2, 0.25) is 5.91 Å². The zero-order chi connectivity index (χ0) is 18.1. The molecule has 1 aromatic heterocycles. The summed E-state index contributed by atoms with van der Waals surface area (Å²) >= 11 is 1.78. The molecule has 25 heavy (non-hydrogen) atoms. The topological polar surface area (TPSA) is 75.6 Å². The summed E-state index contributed by atoms with van der Waals surface area (Å²) in [6.07, 6.45) is 2.81. The molecule has 0 saturated carbocycles. The van der Waals surface area contributed by atoms with E-state index in [1.807, 2.05) is 0 Å². The maximum Gasteiger partial charge on any atom is 0.303 e. The van der Waals surface area contributed by atoms with Gasteiger partial charge < -0.3 is 15.2 Å². The van der Waals surface area contributed by atoms with Crippen LogP contribution in [-0.2, 0) is 16.0 Å². The van der Waals surface area contributed by atoms with Gasteiger partial charge in [0.1, 0.15) is 5.75 Å². The predicted octanol–water partition coefficient (Wildman–Crippen LogP) is 4.26. The Morgan fingerprint density at radius 2 is 1.84 bits per heavy atom. The van der Waals surface area contributed by atoms with E-state index in [1.54, 1.807) is 35.6 Å². The normalized spacial score (nSPS) is 10.4. The number of carboxylic acids is 1. The lowest BCUT2D eigenvalue weighted by Crippen LogP contribution is -2.11. The third-order valence-electron chi connectivity index (χ3n) is 3.56. The molecule has 0 radical (unpaired) electrons. The van der Waals surface area contributed by atoms with E-state index in [-0.39, 0.29) is 12.3 Å². The minimum atomic E-state index is -0.823. The maximum absolute atomic E-state index is 12.0. The zero-order valence-electron chi connectivity index (χ0n) is 14.3. The predicted molar refractivity (Wildman–Crippen MR) is 99.4 cm³/mol. The first-order valence-corrected chi connectivity index (χ1v) is 9.14. The average Bonchev–Trinajstić information content (AvgIpc) is 2.98. The van der Waals surface area contributed by atoms with Crippen LogP contribution in [0.4, 0.5) is 5.69 Å². The zero-order valence-corrected chi connectivity index (χ0v) is 15.1. The Morgan fingerprint density at radius 1 is 1.08 bits per heavy atom. The van der Waals surface area contributed by atoms with Crippen molar-refractivity contribution in [1.29, 1.82) is 0 Å². The lowest BCUT2D eigenvalue weighted by molar-refractivity contribution is -0.137. The van der Waals surface area contributed by atoms with Crippen LogP contribution >= 0.6 is 11.3 Å². The van der Waals surface area contributed by atoms with Gasteiger partial charge >= 0.3 is 5.97 Å². The van der Waals surface area contributed by atoms with Gasteiger partial charge in [0.15, 0.2) is 0 Å². The molecule has 0 aliphatic rings. The van der Waals surface area contributed by atoms with E-state index in [0.29, 0.717) is 25.2 Å². The monoisotopic (exact) mass is 361 g/mol. The lowest BCUT2D eigenvalue weighted by Gasteiger charge is -2.08. The van der Waals surface area contributed by atoms with Crippen molar-refractivity contribution in [2.24, 2.45) is 0 Å². The van der Waals surface area contributed by atoms with Crippen molar-refractivity contribution in [1.82, 2.24) is 0 Å². The first-order valence-electron chi connectivity index (χ1n) is 8.33. The number of anilines is 1. The Balaban J connectivity index is 1.67. The van der Waals surface area contributed by atoms with Crippen LogP contribution in [0.1, 0.15) is 35.4 Å². The molecule has 5 nitrogen and oxygen atoms in total. The molecule has 0 unspecified atom stereocenters. The van der Waals surface area contributed by atoms with Crippen LogP contribution in [0.3, 0.4) is 0 Å². The highest BCUT2D eigenvalue weighted by molar-refractivity contribution is 7.11. The van der Waals surface area contributed by atoms with Crippen LogP contribution in [0.2, 0.25) is 0 Å². The van der Waals surface area contributed by atoms with Crippen molar-refractivity contribution < 1.29 is 19.4 Å². The Kier molecular flexibility index (Phi) is 7.47. The van der Waals surface area contributed by atoms with Crippen molar-refractivity contribution in [2.75, 3.05) is 11.9 Å². The summed E-state index contributed by atoms with van der Waals surface area (Å²) in [5.74, 6) is -0.157. The standard InChI is InChI=1S/C19H23NO4S/c1-14-7-12-17(25-14)4-2-5-18(21)20-15-8-10-16(11-9-15)24-13-3-6-19(22)23/h7-12H,2-6,13H2,1H3,(H,20,21)(H,22,23). The summed E-state index contributed by atoms with van der Waals surface area (Å²) in [6.45, 7) is 2.45. The second kappa shape index (κ2) is 9.84. The average molecular weight is 361 g/mol. The number of ether oxygens (including phenoxy) is 1. The molecule has 6 heteroatoms. The fourth-order valence-corrected chi connectivity index (χ4v) is 3.25. The van der Waals surface area contributed by atoms with Gasteiger partial charge in [-0.05, 0) is 62.6 Å². The highest BCUT2D eigenvalue weighted by Gasteiger charge is 2.04. The number of hydrogen-bond acceptors (Lipinski definition) is 4. The van der Waals surface area contributed by atoms with Gasteiger partial charge in [0.05, 0.1) is 6.61 Å². The Morgan fingerprint density at radius 3 is 2.48 bits per heavy atom. The molecule has 0 fully saturated rings. The van der Waals surface area contributed by atoms with Gasteiger partial charge in [-0.3, -0.25) is 9.59 Å². The fraction of sp³-hybridized carbons (Fsp3) is 0.368. The van der Waals surface area contributed by atoms with Crippen molar-refractivity contribution in [3.8, 4) is 5.75 Å². The van der Waals surface area contributed by atoms with Gasteiger partial charge in [-0.2, -0.15) is 0 Å². The van der Waals surface area contributed by atoms with E-state index in [1.165, 1.54) is 9.75 Å². The summed E-state index contributed by atoms with van der Waals surface area (Å²) in [4.78, 5) is 25.0. The molecular weight excluding hydrogens is 338 g/mol. The number of carboxylic acid groups (broad SMARTS) is 1. The molecule has 0 bridgehead atoms. The Bertz CT molecular complexity index is 694. The maximum atomic E-state index is 12.0. The molecule has 0 aliphatic heterocycles. The number of aliphatic carboxylic acids is 1. The first-order chi connectivity index (χ1) is 12.0. The van der Waals surface area contributed by atoms with Crippen LogP contribution in [0, 0.1) is 6.92 Å². The van der Waals surface area contributed by atoms with Gasteiger partial charge in [-0.15, -0.1) is 11.3 Å². The molecule has 0 spiro atoms. The third kappa shape index (κ3) is 7.39. The molecule has 134 valence electrons. The number of amides is 1. The highest BCUT2D eigenvalue weighted by Crippen LogP contribution is 2.18. The number of carbonyl (C=O) groups excluding carboxylic acids is 1. The van der Waals surface area contributed by atoms with Crippen LogP contribution in [-0.4, -0.2) is 23.6 Å². The first kappa shape index (κ1) is 19.0. The van der Waals surface area contributed by atoms with E-state index in [9.17, 15) is 9.59 Å². The van der Waals surface area contributed by atoms with Crippen LogP contribution < -0.4 is 10.1 Å². The summed E-state index contributed by atoms with van der Waals surface area (Å²) < 4.78 is 5.46. The molecule has 1 heterocycles. The minimum Gasteiger partial charge on any atom is -0.494 e. The van der Waals surface area contributed by atoms with E-state index >= 15 is 0 Å². The third-order valence-corrected chi connectivity index (χ3v) is 4.63. The number of carbonyl (C=O) groups is 2. The Labute approximate surface area is 151 Å². The van der Waals surface area contributed by atoms with E-state index < -0.39 is 5.97 Å². The second-order valence-electron chi connectivity index (χ2n) is 5.78. The van der Waals surface area contributed by atoms with Crippen molar-refractivity contribution in [2.45, 2.75) is 39.0 Å². The van der Waals surface area contributed by atoms with E-state index in [0.717, 1.165) is 18.5 Å². The molecule has 0 atom stereocenters. The van der Waals surface area contributed by atoms with Crippen molar-refractivity contribution >= 4 is 28.9 Å². The van der Waals surface area contributed by atoms with Crippen LogP contribution in [0.15, 0.2) is 36.4 Å². The quantitative estimate of drug-likeness (QED) is 0.620. The number of hydrogen-bond donors (Lipinski definition) is 2. The number of rotatable bonds is 10. The lowest BCUT2D eigenvalue weighted by atomic mass is 10.2. The summed E-state index contributed by atoms with van der Waals surface area (Å²) in [5, 5.41) is 11.4. The molecule has 0 aliphatic carbocycles. The largest absolute Gasteiger partial charge is 0.494 e. The van der Waals surface area contributed by atoms with Gasteiger partial charge in [-0.25, -0.2) is 0 Å². The summed E-state index contributed by atoms with van der Waals surface area (Å²) in [7, 11) is 0. The molecule has 2 rings (SSSR count). The SMILES string of the molecule is Cc1ccc(CCCC(=O)Nc2ccc(OCCCC(=O)O)cc2)s1. The minimum absolute atomic E-state index is 0.00315. The number of benzene rings is 1. The van der Waals surface area contributed by atoms with Crippen molar-refractivity contribution in [3.63, 3.8) is 0 Å². The number of nitrogens with one attached hydrogen (secondary N) is 1. The van der Waals surface area contributed by atoms with Crippen LogP contribution in [0.25, 0.3) is 0 Å². The van der Waals surface area contributed by atoms with Gasteiger partial charge in [0.25, 0.3) is 0 Å². The fourth-order valence-electron chi connectivity index (χ4n) is 2.31. The molecule has 2 N–H and O–H groups in total. The van der Waals surface area contributed by atoms with Gasteiger partial charge in [-0.1, -0.05) is 0 Å². The molecular formula is C19H23NO4S. The molecule has 1 aromatic carbocycles. The Hall–Kier alpha value is -2.34. The van der Waals surface area contributed by atoms with E-state index in [4.69, 9.17) is 9.84 Å². The molecule has 2 aromatic rings. The van der Waals surface area contributed by atoms with Crippen molar-refractivity contribution in [3.05, 3.63) is 46.2 Å². The highest BCUT2D eigenvalue weighted by atomic mass is 32.1. The number of aryl methyl sites for hydroxylation is 2.